The predicted octanol–water partition coefficient (Wildman–Crippen LogP) is 0.859. The molecule has 0 saturated carbocycles. The summed E-state index contributed by atoms with van der Waals surface area (Å²) in [6.07, 6.45) is 1.56. The van der Waals surface area contributed by atoms with Crippen LogP contribution in [0, 0.1) is 0 Å². The molecule has 0 atom stereocenters. The first-order chi connectivity index (χ1) is 11.0. The van der Waals surface area contributed by atoms with Crippen molar-refractivity contribution in [1.29, 1.82) is 0 Å². The van der Waals surface area contributed by atoms with Gasteiger partial charge in [0.05, 0.1) is 20.0 Å². The molecule has 1 aromatic rings. The molecule has 1 aromatic carbocycles. The van der Waals surface area contributed by atoms with Crippen molar-refractivity contribution in [2.24, 2.45) is 0 Å². The second kappa shape index (κ2) is 7.65. The van der Waals surface area contributed by atoms with E-state index in [2.05, 4.69) is 5.32 Å². The zero-order valence-electron chi connectivity index (χ0n) is 13.4. The van der Waals surface area contributed by atoms with Crippen molar-refractivity contribution in [2.75, 3.05) is 39.6 Å². The highest BCUT2D eigenvalue weighted by atomic mass is 32.2. The van der Waals surface area contributed by atoms with Crippen LogP contribution in [0.3, 0.4) is 0 Å². The van der Waals surface area contributed by atoms with Crippen LogP contribution < -0.4 is 14.8 Å². The summed E-state index contributed by atoms with van der Waals surface area (Å²) in [6, 6.07) is 4.89. The highest BCUT2D eigenvalue weighted by molar-refractivity contribution is 7.89. The standard InChI is InChI=1S/C15H22N2O5S/c1-21-13-9-12(10-14(11-13)22-2)15(18)16-5-7-17-6-3-4-8-23(17,19)20/h9-11H,3-8H2,1-2H3,(H,16,18). The Labute approximate surface area is 136 Å². The number of ether oxygens (including phenoxy) is 2. The molecule has 1 fully saturated rings. The van der Waals surface area contributed by atoms with Crippen molar-refractivity contribution in [3.05, 3.63) is 23.8 Å². The van der Waals surface area contributed by atoms with Gasteiger partial charge in [0.25, 0.3) is 5.91 Å². The Bertz CT molecular complexity index is 638. The van der Waals surface area contributed by atoms with Gasteiger partial charge in [-0.05, 0) is 25.0 Å². The maximum atomic E-state index is 12.2. The number of nitrogens with zero attached hydrogens (tertiary/aromatic N) is 1. The molecule has 1 heterocycles. The Morgan fingerprint density at radius 3 is 2.39 bits per heavy atom. The Balaban J connectivity index is 1.94. The molecule has 0 spiro atoms. The van der Waals surface area contributed by atoms with Crippen LogP contribution in [0.4, 0.5) is 0 Å². The fraction of sp³-hybridized carbons (Fsp3) is 0.533. The number of nitrogens with one attached hydrogen (secondary N) is 1. The van der Waals surface area contributed by atoms with E-state index in [9.17, 15) is 13.2 Å². The summed E-state index contributed by atoms with van der Waals surface area (Å²) in [5, 5.41) is 2.73. The maximum Gasteiger partial charge on any atom is 0.251 e. The Hall–Kier alpha value is -1.80. The van der Waals surface area contributed by atoms with Gasteiger partial charge in [-0.25, -0.2) is 12.7 Å². The van der Waals surface area contributed by atoms with Gasteiger partial charge in [0, 0.05) is 31.3 Å². The van der Waals surface area contributed by atoms with Gasteiger partial charge in [0.1, 0.15) is 11.5 Å². The minimum Gasteiger partial charge on any atom is -0.497 e. The van der Waals surface area contributed by atoms with E-state index in [1.165, 1.54) is 18.5 Å². The second-order valence-corrected chi connectivity index (χ2v) is 7.37. The minimum absolute atomic E-state index is 0.189. The molecule has 0 bridgehead atoms. The number of carbonyl (C=O) groups is 1. The molecule has 0 aromatic heterocycles. The molecule has 1 N–H and O–H groups in total. The van der Waals surface area contributed by atoms with Crippen LogP contribution in [0.5, 0.6) is 11.5 Å². The number of sulfonamides is 1. The van der Waals surface area contributed by atoms with E-state index in [1.807, 2.05) is 0 Å². The number of hydrogen-bond donors (Lipinski definition) is 1. The van der Waals surface area contributed by atoms with Crippen LogP contribution in [0.25, 0.3) is 0 Å². The molecule has 0 aliphatic carbocycles. The molecule has 0 unspecified atom stereocenters. The van der Waals surface area contributed by atoms with Gasteiger partial charge in [0.15, 0.2) is 0 Å². The first-order valence-electron chi connectivity index (χ1n) is 7.45. The third kappa shape index (κ3) is 4.59. The Kier molecular flexibility index (Phi) is 5.84. The van der Waals surface area contributed by atoms with Crippen LogP contribution in [0.1, 0.15) is 23.2 Å². The van der Waals surface area contributed by atoms with Gasteiger partial charge in [-0.15, -0.1) is 0 Å². The predicted molar refractivity (Wildman–Crippen MR) is 86.5 cm³/mol. The molecule has 23 heavy (non-hydrogen) atoms. The summed E-state index contributed by atoms with van der Waals surface area (Å²) in [7, 11) is -0.142. The van der Waals surface area contributed by atoms with E-state index in [4.69, 9.17) is 9.47 Å². The third-order valence-electron chi connectivity index (χ3n) is 3.71. The lowest BCUT2D eigenvalue weighted by molar-refractivity contribution is 0.0950. The fourth-order valence-corrected chi connectivity index (χ4v) is 4.03. The Morgan fingerprint density at radius 1 is 1.17 bits per heavy atom. The average Bonchev–Trinajstić information content (AvgIpc) is 2.55. The lowest BCUT2D eigenvalue weighted by Crippen LogP contribution is -2.42. The SMILES string of the molecule is COc1cc(OC)cc(C(=O)NCCN2CCCCS2(=O)=O)c1. The van der Waals surface area contributed by atoms with Crippen molar-refractivity contribution < 1.29 is 22.7 Å². The molecule has 8 heteroatoms. The lowest BCUT2D eigenvalue weighted by Gasteiger charge is -2.26. The molecule has 1 amide bonds. The monoisotopic (exact) mass is 342 g/mol. The minimum atomic E-state index is -3.17. The molecule has 2 rings (SSSR count). The van der Waals surface area contributed by atoms with E-state index < -0.39 is 10.0 Å². The number of amides is 1. The largest absolute Gasteiger partial charge is 0.497 e. The summed E-state index contributed by atoms with van der Waals surface area (Å²) >= 11 is 0. The van der Waals surface area contributed by atoms with E-state index in [1.54, 1.807) is 18.2 Å². The molecule has 7 nitrogen and oxygen atoms in total. The number of benzene rings is 1. The Morgan fingerprint density at radius 2 is 1.83 bits per heavy atom. The first kappa shape index (κ1) is 17.6. The average molecular weight is 342 g/mol. The first-order valence-corrected chi connectivity index (χ1v) is 9.06. The summed E-state index contributed by atoms with van der Waals surface area (Å²) < 4.78 is 35.4. The van der Waals surface area contributed by atoms with Crippen LogP contribution in [0.2, 0.25) is 0 Å². The normalized spacial score (nSPS) is 17.5. The van der Waals surface area contributed by atoms with Gasteiger partial charge in [-0.1, -0.05) is 0 Å². The quantitative estimate of drug-likeness (QED) is 0.829. The van der Waals surface area contributed by atoms with E-state index in [0.29, 0.717) is 30.0 Å². The summed E-state index contributed by atoms with van der Waals surface area (Å²) in [4.78, 5) is 12.2. The van der Waals surface area contributed by atoms with Crippen LogP contribution in [-0.4, -0.2) is 58.2 Å². The molecular weight excluding hydrogens is 320 g/mol. The van der Waals surface area contributed by atoms with E-state index in [-0.39, 0.29) is 24.7 Å². The van der Waals surface area contributed by atoms with Gasteiger partial charge in [-0.3, -0.25) is 4.79 Å². The number of rotatable bonds is 6. The van der Waals surface area contributed by atoms with Gasteiger partial charge >= 0.3 is 0 Å². The summed E-state index contributed by atoms with van der Waals surface area (Å²) in [5.74, 6) is 0.937. The molecule has 1 saturated heterocycles. The van der Waals surface area contributed by atoms with Crippen molar-refractivity contribution >= 4 is 15.9 Å². The fourth-order valence-electron chi connectivity index (χ4n) is 2.43. The van der Waals surface area contributed by atoms with Crippen LogP contribution in [-0.2, 0) is 10.0 Å². The third-order valence-corrected chi connectivity index (χ3v) is 5.67. The smallest absolute Gasteiger partial charge is 0.251 e. The van der Waals surface area contributed by atoms with Crippen molar-refractivity contribution in [3.63, 3.8) is 0 Å². The van der Waals surface area contributed by atoms with Gasteiger partial charge < -0.3 is 14.8 Å². The van der Waals surface area contributed by atoms with Gasteiger partial charge in [0.2, 0.25) is 10.0 Å². The van der Waals surface area contributed by atoms with Crippen LogP contribution >= 0.6 is 0 Å². The molecule has 128 valence electrons. The van der Waals surface area contributed by atoms with Crippen LogP contribution in [0.15, 0.2) is 18.2 Å². The van der Waals surface area contributed by atoms with Crippen molar-refractivity contribution in [3.8, 4) is 11.5 Å². The molecule has 1 aliphatic rings. The topological polar surface area (TPSA) is 84.9 Å². The summed E-state index contributed by atoms with van der Waals surface area (Å²) in [5.41, 5.74) is 0.405. The molecule has 1 aliphatic heterocycles. The number of carbonyl (C=O) groups excluding carboxylic acids is 1. The highest BCUT2D eigenvalue weighted by Gasteiger charge is 2.25. The molecular formula is C15H22N2O5S. The van der Waals surface area contributed by atoms with Gasteiger partial charge in [-0.2, -0.15) is 0 Å². The number of methoxy groups -OCH3 is 2. The van der Waals surface area contributed by atoms with Crippen molar-refractivity contribution in [2.45, 2.75) is 12.8 Å². The lowest BCUT2D eigenvalue weighted by atomic mass is 10.2. The summed E-state index contributed by atoms with van der Waals surface area (Å²) in [6.45, 7) is 1.07. The zero-order chi connectivity index (χ0) is 16.9. The van der Waals surface area contributed by atoms with E-state index >= 15 is 0 Å². The molecule has 0 radical (unpaired) electrons. The van der Waals surface area contributed by atoms with Crippen molar-refractivity contribution in [1.82, 2.24) is 9.62 Å². The maximum absolute atomic E-state index is 12.2. The second-order valence-electron chi connectivity index (χ2n) is 5.28. The zero-order valence-corrected chi connectivity index (χ0v) is 14.2. The van der Waals surface area contributed by atoms with E-state index in [0.717, 1.165) is 6.42 Å². The highest BCUT2D eigenvalue weighted by Crippen LogP contribution is 2.22. The number of hydrogen-bond acceptors (Lipinski definition) is 5.